The number of rotatable bonds is 3. The molecule has 2 N–H and O–H groups in total. The summed E-state index contributed by atoms with van der Waals surface area (Å²) in [5, 5.41) is 0. The Kier molecular flexibility index (Phi) is 3.03. The third-order valence-corrected chi connectivity index (χ3v) is 1.77. The van der Waals surface area contributed by atoms with Gasteiger partial charge in [-0.15, -0.1) is 0 Å². The highest BCUT2D eigenvalue weighted by atomic mass is 31.2. The minimum atomic E-state index is -4.59. The molecule has 1 rings (SSSR count). The summed E-state index contributed by atoms with van der Waals surface area (Å²) >= 11 is 0. The first-order chi connectivity index (χ1) is 6.03. The van der Waals surface area contributed by atoms with E-state index in [0.717, 1.165) is 0 Å². The molecule has 0 atom stereocenters. The fraction of sp³-hybridized carbons (Fsp3) is 0.143. The smallest absolute Gasteiger partial charge is 0.404 e. The summed E-state index contributed by atoms with van der Waals surface area (Å²) in [6.07, 6.45) is 0. The van der Waals surface area contributed by atoms with Crippen LogP contribution in [-0.2, 0) is 11.2 Å². The lowest BCUT2D eigenvalue weighted by molar-refractivity contribution is 0.281. The van der Waals surface area contributed by atoms with Gasteiger partial charge in [-0.25, -0.2) is 8.96 Å². The largest absolute Gasteiger partial charge is 0.524 e. The van der Waals surface area contributed by atoms with E-state index in [1.807, 2.05) is 0 Å². The number of phosphoric ester groups is 1. The zero-order valence-electron chi connectivity index (χ0n) is 6.55. The Labute approximate surface area is 74.2 Å². The van der Waals surface area contributed by atoms with Gasteiger partial charge < -0.3 is 4.52 Å². The van der Waals surface area contributed by atoms with E-state index in [1.54, 1.807) is 6.07 Å². The van der Waals surface area contributed by atoms with E-state index in [2.05, 4.69) is 4.52 Å². The van der Waals surface area contributed by atoms with Gasteiger partial charge in [0.25, 0.3) is 0 Å². The molecular formula is C7H8FO4P. The third-order valence-electron chi connectivity index (χ3n) is 1.33. The molecule has 0 saturated carbocycles. The van der Waals surface area contributed by atoms with Gasteiger partial charge in [0.2, 0.25) is 0 Å². The van der Waals surface area contributed by atoms with Gasteiger partial charge in [-0.05, 0) is 6.07 Å². The number of phosphoric acid groups is 1. The van der Waals surface area contributed by atoms with E-state index in [9.17, 15) is 8.96 Å². The van der Waals surface area contributed by atoms with E-state index in [4.69, 9.17) is 9.79 Å². The minimum Gasteiger partial charge on any atom is -0.404 e. The Morgan fingerprint density at radius 1 is 1.38 bits per heavy atom. The zero-order valence-corrected chi connectivity index (χ0v) is 7.45. The molecule has 0 fully saturated rings. The van der Waals surface area contributed by atoms with Crippen LogP contribution in [0.1, 0.15) is 5.56 Å². The van der Waals surface area contributed by atoms with E-state index in [-0.39, 0.29) is 11.3 Å². The van der Waals surface area contributed by atoms with Crippen molar-refractivity contribution in [2.24, 2.45) is 0 Å². The lowest BCUT2D eigenvalue weighted by Crippen LogP contribution is -1.93. The maximum absolute atomic E-state index is 12.2. The number of hydrogen-bond donors (Lipinski definition) is 2. The van der Waals surface area contributed by atoms with Crippen LogP contribution in [0.5, 0.6) is 5.75 Å². The van der Waals surface area contributed by atoms with Gasteiger partial charge in [0, 0.05) is 5.56 Å². The summed E-state index contributed by atoms with van der Waals surface area (Å²) in [4.78, 5) is 16.9. The highest BCUT2D eigenvalue weighted by Gasteiger charge is 2.17. The summed E-state index contributed by atoms with van der Waals surface area (Å²) in [6.45, 7) is -0.823. The zero-order chi connectivity index (χ0) is 9.90. The van der Waals surface area contributed by atoms with Gasteiger partial charge in [0.1, 0.15) is 12.4 Å². The molecule has 6 heteroatoms. The van der Waals surface area contributed by atoms with Crippen LogP contribution in [-0.4, -0.2) is 9.79 Å². The average molecular weight is 206 g/mol. The highest BCUT2D eigenvalue weighted by Crippen LogP contribution is 2.39. The lowest BCUT2D eigenvalue weighted by atomic mass is 10.2. The molecule has 0 radical (unpaired) electrons. The standard InChI is InChI=1S/C7H8FO4P/c8-5-6-3-1-2-4-7(6)12-13(9,10)11/h1-4H,5H2,(H2,9,10,11). The molecule has 0 amide bonds. The van der Waals surface area contributed by atoms with Crippen molar-refractivity contribution in [1.29, 1.82) is 0 Å². The highest BCUT2D eigenvalue weighted by molar-refractivity contribution is 7.46. The summed E-state index contributed by atoms with van der Waals surface area (Å²) in [7, 11) is -4.59. The molecule has 1 aromatic rings. The van der Waals surface area contributed by atoms with E-state index < -0.39 is 14.5 Å². The Hall–Kier alpha value is -0.900. The normalized spacial score (nSPS) is 11.3. The van der Waals surface area contributed by atoms with Crippen molar-refractivity contribution in [2.75, 3.05) is 0 Å². The van der Waals surface area contributed by atoms with Crippen molar-refractivity contribution >= 4 is 7.82 Å². The van der Waals surface area contributed by atoms with Crippen molar-refractivity contribution < 1.29 is 23.3 Å². The van der Waals surface area contributed by atoms with Crippen LogP contribution in [0.4, 0.5) is 4.39 Å². The average Bonchev–Trinajstić information content (AvgIpc) is 2.02. The van der Waals surface area contributed by atoms with E-state index >= 15 is 0 Å². The second-order valence-electron chi connectivity index (χ2n) is 2.32. The van der Waals surface area contributed by atoms with Crippen LogP contribution >= 0.6 is 7.82 Å². The molecule has 0 spiro atoms. The molecule has 0 saturated heterocycles. The van der Waals surface area contributed by atoms with Crippen molar-refractivity contribution in [1.82, 2.24) is 0 Å². The molecule has 0 aliphatic carbocycles. The monoisotopic (exact) mass is 206 g/mol. The number of benzene rings is 1. The maximum Gasteiger partial charge on any atom is 0.524 e. The quantitative estimate of drug-likeness (QED) is 0.737. The number of halogens is 1. The summed E-state index contributed by atoms with van der Waals surface area (Å²) in [5.74, 6) is -0.127. The number of hydrogen-bond acceptors (Lipinski definition) is 2. The third kappa shape index (κ3) is 3.14. The SMILES string of the molecule is O=P(O)(O)Oc1ccccc1CF. The second-order valence-corrected chi connectivity index (χ2v) is 3.49. The molecule has 0 aromatic heterocycles. The van der Waals surface area contributed by atoms with Crippen LogP contribution in [0.15, 0.2) is 24.3 Å². The Morgan fingerprint density at radius 2 is 2.00 bits per heavy atom. The lowest BCUT2D eigenvalue weighted by Gasteiger charge is -2.08. The van der Waals surface area contributed by atoms with Crippen LogP contribution in [0, 0.1) is 0 Å². The first-order valence-electron chi connectivity index (χ1n) is 3.42. The number of alkyl halides is 1. The summed E-state index contributed by atoms with van der Waals surface area (Å²) in [5.41, 5.74) is 0.117. The molecule has 4 nitrogen and oxygen atoms in total. The minimum absolute atomic E-state index is 0.117. The van der Waals surface area contributed by atoms with Crippen LogP contribution in [0.2, 0.25) is 0 Å². The molecule has 72 valence electrons. The number of para-hydroxylation sites is 1. The molecule has 13 heavy (non-hydrogen) atoms. The molecule has 0 heterocycles. The predicted molar refractivity (Wildman–Crippen MR) is 43.9 cm³/mol. The van der Waals surface area contributed by atoms with Crippen molar-refractivity contribution in [3.05, 3.63) is 29.8 Å². The van der Waals surface area contributed by atoms with Gasteiger partial charge in [-0.2, -0.15) is 0 Å². The maximum atomic E-state index is 12.2. The van der Waals surface area contributed by atoms with E-state index in [0.29, 0.717) is 0 Å². The van der Waals surface area contributed by atoms with Crippen LogP contribution in [0.25, 0.3) is 0 Å². The molecule has 1 aromatic carbocycles. The summed E-state index contributed by atoms with van der Waals surface area (Å²) in [6, 6.07) is 5.75. The van der Waals surface area contributed by atoms with Gasteiger partial charge in [0.15, 0.2) is 0 Å². The van der Waals surface area contributed by atoms with E-state index in [1.165, 1.54) is 18.2 Å². The molecule has 0 unspecified atom stereocenters. The first-order valence-corrected chi connectivity index (χ1v) is 4.95. The van der Waals surface area contributed by atoms with Crippen molar-refractivity contribution in [3.63, 3.8) is 0 Å². The Morgan fingerprint density at radius 3 is 2.54 bits per heavy atom. The first kappa shape index (κ1) is 10.2. The molecule has 0 bridgehead atoms. The van der Waals surface area contributed by atoms with Gasteiger partial charge >= 0.3 is 7.82 Å². The Bertz CT molecular complexity index is 335. The van der Waals surface area contributed by atoms with Crippen LogP contribution < -0.4 is 4.52 Å². The van der Waals surface area contributed by atoms with Gasteiger partial charge in [-0.1, -0.05) is 18.2 Å². The second kappa shape index (κ2) is 3.87. The Balaban J connectivity index is 2.94. The van der Waals surface area contributed by atoms with Crippen molar-refractivity contribution in [3.8, 4) is 5.75 Å². The summed E-state index contributed by atoms with van der Waals surface area (Å²) < 4.78 is 26.9. The van der Waals surface area contributed by atoms with Crippen molar-refractivity contribution in [2.45, 2.75) is 6.67 Å². The van der Waals surface area contributed by atoms with Gasteiger partial charge in [-0.3, -0.25) is 9.79 Å². The molecule has 0 aliphatic rings. The van der Waals surface area contributed by atoms with Crippen LogP contribution in [0.3, 0.4) is 0 Å². The fourth-order valence-electron chi connectivity index (χ4n) is 0.831. The topological polar surface area (TPSA) is 66.8 Å². The molecule has 0 aliphatic heterocycles. The van der Waals surface area contributed by atoms with Gasteiger partial charge in [0.05, 0.1) is 0 Å². The predicted octanol–water partition coefficient (Wildman–Crippen LogP) is 1.63. The fourth-order valence-corrected chi connectivity index (χ4v) is 1.27. The molecular weight excluding hydrogens is 198 g/mol.